The molecular formula is C24H37N3O3. The minimum atomic E-state index is -0.393. The number of para-hydroxylation sites is 1. The Kier molecular flexibility index (Phi) is 11.2. The van der Waals surface area contributed by atoms with Gasteiger partial charge in [-0.2, -0.15) is 0 Å². The van der Waals surface area contributed by atoms with Crippen molar-refractivity contribution in [3.8, 4) is 0 Å². The molecule has 2 N–H and O–H groups in total. The molecule has 0 aliphatic carbocycles. The maximum absolute atomic E-state index is 11.5. The van der Waals surface area contributed by atoms with Crippen molar-refractivity contribution in [2.45, 2.75) is 84.0 Å². The van der Waals surface area contributed by atoms with Crippen molar-refractivity contribution in [2.24, 2.45) is 0 Å². The minimum absolute atomic E-state index is 0.0246. The average molecular weight is 416 g/mol. The number of nitrogen functional groups attached to an aromatic ring is 1. The zero-order chi connectivity index (χ0) is 21.6. The van der Waals surface area contributed by atoms with Gasteiger partial charge >= 0.3 is 5.69 Å². The molecule has 0 radical (unpaired) electrons. The fourth-order valence-corrected chi connectivity index (χ4v) is 3.77. The first-order valence-electron chi connectivity index (χ1n) is 11.5. The summed E-state index contributed by atoms with van der Waals surface area (Å²) in [6.45, 7) is 4.01. The van der Waals surface area contributed by atoms with Crippen molar-refractivity contribution in [2.75, 3.05) is 18.9 Å². The van der Waals surface area contributed by atoms with E-state index in [2.05, 4.69) is 11.9 Å². The van der Waals surface area contributed by atoms with Gasteiger partial charge in [-0.25, -0.2) is 4.98 Å². The Balaban J connectivity index is 1.62. The van der Waals surface area contributed by atoms with Crippen molar-refractivity contribution in [3.63, 3.8) is 0 Å². The number of nitro groups is 1. The van der Waals surface area contributed by atoms with E-state index >= 15 is 0 Å². The summed E-state index contributed by atoms with van der Waals surface area (Å²) < 4.78 is 5.67. The smallest absolute Gasteiger partial charge is 0.314 e. The van der Waals surface area contributed by atoms with Crippen LogP contribution in [0.4, 0.5) is 11.4 Å². The highest BCUT2D eigenvalue weighted by molar-refractivity contribution is 5.95. The van der Waals surface area contributed by atoms with E-state index in [0.29, 0.717) is 17.5 Å². The molecule has 6 heteroatoms. The summed E-state index contributed by atoms with van der Waals surface area (Å²) in [5, 5.41) is 12.2. The monoisotopic (exact) mass is 415 g/mol. The predicted molar refractivity (Wildman–Crippen MR) is 124 cm³/mol. The van der Waals surface area contributed by atoms with Crippen molar-refractivity contribution < 1.29 is 9.66 Å². The van der Waals surface area contributed by atoms with E-state index in [9.17, 15) is 10.1 Å². The van der Waals surface area contributed by atoms with Crippen LogP contribution >= 0.6 is 0 Å². The van der Waals surface area contributed by atoms with Gasteiger partial charge in [-0.15, -0.1) is 0 Å². The second kappa shape index (κ2) is 13.9. The number of aromatic nitrogens is 1. The van der Waals surface area contributed by atoms with Gasteiger partial charge in [0.1, 0.15) is 11.4 Å². The van der Waals surface area contributed by atoms with Crippen LogP contribution in [-0.2, 0) is 11.2 Å². The van der Waals surface area contributed by atoms with E-state index < -0.39 is 4.92 Å². The van der Waals surface area contributed by atoms with E-state index in [1.54, 1.807) is 6.07 Å². The first-order valence-corrected chi connectivity index (χ1v) is 11.5. The van der Waals surface area contributed by atoms with Crippen LogP contribution in [0.2, 0.25) is 0 Å². The molecule has 1 heterocycles. The van der Waals surface area contributed by atoms with Crippen LogP contribution in [0.1, 0.15) is 83.2 Å². The van der Waals surface area contributed by atoms with Gasteiger partial charge in [-0.05, 0) is 31.7 Å². The van der Waals surface area contributed by atoms with E-state index in [-0.39, 0.29) is 11.4 Å². The van der Waals surface area contributed by atoms with E-state index in [4.69, 9.17) is 10.5 Å². The summed E-state index contributed by atoms with van der Waals surface area (Å²) in [7, 11) is 0. The van der Waals surface area contributed by atoms with E-state index in [1.165, 1.54) is 44.9 Å². The highest BCUT2D eigenvalue weighted by Crippen LogP contribution is 2.32. The number of pyridine rings is 1. The fourth-order valence-electron chi connectivity index (χ4n) is 3.77. The molecule has 0 aliphatic heterocycles. The second-order valence-corrected chi connectivity index (χ2v) is 7.99. The highest BCUT2D eigenvalue weighted by atomic mass is 16.6. The molecule has 6 nitrogen and oxygen atoms in total. The number of hydrogen-bond acceptors (Lipinski definition) is 5. The molecule has 2 rings (SSSR count). The summed E-state index contributed by atoms with van der Waals surface area (Å²) >= 11 is 0. The first kappa shape index (κ1) is 24.1. The third kappa shape index (κ3) is 7.90. The van der Waals surface area contributed by atoms with Gasteiger partial charge in [0.2, 0.25) is 0 Å². The van der Waals surface area contributed by atoms with Crippen LogP contribution in [0.15, 0.2) is 24.3 Å². The summed E-state index contributed by atoms with van der Waals surface area (Å²) in [6, 6.07) is 7.34. The number of hydrogen-bond donors (Lipinski definition) is 1. The number of rotatable bonds is 16. The van der Waals surface area contributed by atoms with Crippen LogP contribution in [0, 0.1) is 10.1 Å². The molecule has 0 fully saturated rings. The lowest BCUT2D eigenvalue weighted by Crippen LogP contribution is -2.04. The van der Waals surface area contributed by atoms with Crippen LogP contribution in [0.3, 0.4) is 0 Å². The summed E-state index contributed by atoms with van der Waals surface area (Å²) in [4.78, 5) is 15.6. The topological polar surface area (TPSA) is 91.3 Å². The lowest BCUT2D eigenvalue weighted by atomic mass is 10.0. The van der Waals surface area contributed by atoms with Gasteiger partial charge in [0.05, 0.1) is 10.4 Å². The van der Waals surface area contributed by atoms with E-state index in [0.717, 1.165) is 44.4 Å². The predicted octanol–water partition coefficient (Wildman–Crippen LogP) is 6.60. The molecule has 0 amide bonds. The quantitative estimate of drug-likeness (QED) is 0.189. The Morgan fingerprint density at radius 3 is 2.20 bits per heavy atom. The van der Waals surface area contributed by atoms with Crippen LogP contribution in [0.25, 0.3) is 10.9 Å². The molecular weight excluding hydrogens is 378 g/mol. The molecule has 0 saturated heterocycles. The summed E-state index contributed by atoms with van der Waals surface area (Å²) in [5.41, 5.74) is 7.52. The molecule has 2 aromatic rings. The minimum Gasteiger partial charge on any atom is -0.393 e. The lowest BCUT2D eigenvalue weighted by molar-refractivity contribution is -0.384. The van der Waals surface area contributed by atoms with Gasteiger partial charge in [-0.1, -0.05) is 76.5 Å². The van der Waals surface area contributed by atoms with Crippen LogP contribution < -0.4 is 5.73 Å². The number of ether oxygens (including phenoxy) is 1. The third-order valence-corrected chi connectivity index (χ3v) is 5.51. The first-order chi connectivity index (χ1) is 14.6. The molecule has 1 aromatic heterocycles. The maximum atomic E-state index is 11.5. The normalized spacial score (nSPS) is 11.2. The van der Waals surface area contributed by atoms with Gasteiger partial charge < -0.3 is 10.5 Å². The number of unbranched alkanes of at least 4 members (excludes halogenated alkanes) is 9. The zero-order valence-electron chi connectivity index (χ0n) is 18.4. The fraction of sp³-hybridized carbons (Fsp3) is 0.625. The van der Waals surface area contributed by atoms with Crippen LogP contribution in [0.5, 0.6) is 0 Å². The average Bonchev–Trinajstić information content (AvgIpc) is 2.74. The SMILES string of the molecule is CCCCCCOCCCCCCCCCc1nc2ccccc2c(N)c1[N+](=O)[O-]. The number of aryl methyl sites for hydroxylation is 1. The molecule has 0 unspecified atom stereocenters. The number of anilines is 1. The number of nitrogens with two attached hydrogens (primary N) is 1. The van der Waals surface area contributed by atoms with Gasteiger partial charge in [0.15, 0.2) is 0 Å². The Bertz CT molecular complexity index is 780. The van der Waals surface area contributed by atoms with E-state index in [1.807, 2.05) is 18.2 Å². The second-order valence-electron chi connectivity index (χ2n) is 7.99. The molecule has 0 bridgehead atoms. The van der Waals surface area contributed by atoms with Gasteiger partial charge in [0, 0.05) is 18.6 Å². The Morgan fingerprint density at radius 1 is 0.933 bits per heavy atom. The molecule has 30 heavy (non-hydrogen) atoms. The van der Waals surface area contributed by atoms with Crippen molar-refractivity contribution in [1.29, 1.82) is 0 Å². The molecule has 166 valence electrons. The molecule has 0 aliphatic rings. The van der Waals surface area contributed by atoms with Gasteiger partial charge in [-0.3, -0.25) is 10.1 Å². The highest BCUT2D eigenvalue weighted by Gasteiger charge is 2.22. The molecule has 0 atom stereocenters. The third-order valence-electron chi connectivity index (χ3n) is 5.51. The largest absolute Gasteiger partial charge is 0.393 e. The standard InChI is InChI=1S/C24H37N3O3/c1-2-3-4-13-18-30-19-14-9-7-5-6-8-10-17-22-24(27(28)29)23(25)20-15-11-12-16-21(20)26-22/h11-12,15-16H,2-10,13-14,17-19H2,1H3,(H2,25,26). The molecule has 1 aromatic carbocycles. The summed E-state index contributed by atoms with van der Waals surface area (Å²) in [5.74, 6) is 0. The Labute approximate surface area is 180 Å². The Hall–Kier alpha value is -2.21. The lowest BCUT2D eigenvalue weighted by Gasteiger charge is -2.08. The molecule has 0 spiro atoms. The van der Waals surface area contributed by atoms with Crippen molar-refractivity contribution >= 4 is 22.3 Å². The number of nitrogens with zero attached hydrogens (tertiary/aromatic N) is 2. The number of benzene rings is 1. The Morgan fingerprint density at radius 2 is 1.53 bits per heavy atom. The maximum Gasteiger partial charge on any atom is 0.314 e. The van der Waals surface area contributed by atoms with Gasteiger partial charge in [0.25, 0.3) is 0 Å². The van der Waals surface area contributed by atoms with Crippen molar-refractivity contribution in [3.05, 3.63) is 40.1 Å². The summed E-state index contributed by atoms with van der Waals surface area (Å²) in [6.07, 6.45) is 13.5. The van der Waals surface area contributed by atoms with Crippen molar-refractivity contribution in [1.82, 2.24) is 4.98 Å². The number of fused-ring (bicyclic) bond motifs is 1. The molecule has 0 saturated carbocycles. The van der Waals surface area contributed by atoms with Crippen LogP contribution in [-0.4, -0.2) is 23.1 Å². The zero-order valence-corrected chi connectivity index (χ0v) is 18.4.